The summed E-state index contributed by atoms with van der Waals surface area (Å²) in [6.07, 6.45) is 41.9. The Bertz CT molecular complexity index is 3660. The van der Waals surface area contributed by atoms with Crippen LogP contribution in [-0.2, 0) is 10.8 Å². The zero-order valence-electron chi connectivity index (χ0n) is 41.5. The molecule has 5 atom stereocenters. The van der Waals surface area contributed by atoms with Gasteiger partial charge in [-0.2, -0.15) is 0 Å². The monoisotopic (exact) mass is 937 g/mol. The fraction of sp³-hybridized carbons (Fsp3) is 0.194. The zero-order chi connectivity index (χ0) is 48.1. The summed E-state index contributed by atoms with van der Waals surface area (Å²) in [4.78, 5) is 2.60. The van der Waals surface area contributed by atoms with Crippen molar-refractivity contribution >= 4 is 16.9 Å². The maximum atomic E-state index is 2.77. The number of anilines is 2. The van der Waals surface area contributed by atoms with Crippen LogP contribution < -0.4 is 4.90 Å². The van der Waals surface area contributed by atoms with Crippen molar-refractivity contribution in [1.29, 1.82) is 0 Å². The highest BCUT2D eigenvalue weighted by Gasteiger charge is 2.59. The molecule has 0 saturated heterocycles. The number of allylic oxidation sites excluding steroid dienone is 22. The molecule has 0 heterocycles. The van der Waals surface area contributed by atoms with Crippen molar-refractivity contribution in [1.82, 2.24) is 0 Å². The van der Waals surface area contributed by atoms with Crippen LogP contribution in [0.3, 0.4) is 0 Å². The number of fused-ring (bicyclic) bond motifs is 14. The summed E-state index contributed by atoms with van der Waals surface area (Å²) in [7, 11) is 0. The van der Waals surface area contributed by atoms with E-state index < -0.39 is 0 Å². The summed E-state index contributed by atoms with van der Waals surface area (Å²) in [5.74, 6) is 1.15. The summed E-state index contributed by atoms with van der Waals surface area (Å²) in [5.41, 5.74) is 27.9. The predicted octanol–water partition coefficient (Wildman–Crippen LogP) is 17.9. The van der Waals surface area contributed by atoms with E-state index in [1.165, 1.54) is 107 Å². The van der Waals surface area contributed by atoms with Crippen molar-refractivity contribution in [2.24, 2.45) is 11.8 Å². The van der Waals surface area contributed by atoms with Crippen molar-refractivity contribution in [3.63, 3.8) is 0 Å². The van der Waals surface area contributed by atoms with Crippen molar-refractivity contribution in [3.8, 4) is 11.1 Å². The van der Waals surface area contributed by atoms with Gasteiger partial charge in [-0.3, -0.25) is 0 Å². The van der Waals surface area contributed by atoms with Gasteiger partial charge >= 0.3 is 0 Å². The molecule has 0 aromatic heterocycles. The Morgan fingerprint density at radius 2 is 1.32 bits per heavy atom. The van der Waals surface area contributed by atoms with Crippen LogP contribution in [-0.4, -0.2) is 0 Å². The van der Waals surface area contributed by atoms with Crippen LogP contribution in [0.4, 0.5) is 11.4 Å². The molecule has 0 saturated carbocycles. The first-order valence-electron chi connectivity index (χ1n) is 27.3. The minimum Gasteiger partial charge on any atom is -0.314 e. The minimum atomic E-state index is -0.383. The molecule has 9 aliphatic carbocycles. The predicted molar refractivity (Wildman–Crippen MR) is 303 cm³/mol. The molecule has 6 aromatic carbocycles. The van der Waals surface area contributed by atoms with E-state index in [2.05, 4.69) is 236 Å². The molecular formula is C72H59N. The molecule has 0 aliphatic heterocycles. The van der Waals surface area contributed by atoms with Crippen LogP contribution in [0.5, 0.6) is 0 Å². The number of para-hydroxylation sites is 1. The first-order chi connectivity index (χ1) is 36.2. The lowest BCUT2D eigenvalue weighted by Gasteiger charge is -2.39. The maximum absolute atomic E-state index is 2.77. The Kier molecular flexibility index (Phi) is 9.95. The van der Waals surface area contributed by atoms with Gasteiger partial charge in [-0.15, -0.1) is 0 Å². The first-order valence-corrected chi connectivity index (χ1v) is 27.3. The molecule has 0 amide bonds. The molecule has 1 heteroatoms. The van der Waals surface area contributed by atoms with Gasteiger partial charge in [0.05, 0.1) is 16.5 Å². The summed E-state index contributed by atoms with van der Waals surface area (Å²) in [6.45, 7) is 0. The summed E-state index contributed by atoms with van der Waals surface area (Å²) >= 11 is 0. The van der Waals surface area contributed by atoms with Gasteiger partial charge in [0.1, 0.15) is 0 Å². The molecule has 0 N–H and O–H groups in total. The fourth-order valence-electron chi connectivity index (χ4n) is 15.6. The number of rotatable bonds is 7. The van der Waals surface area contributed by atoms with E-state index in [1.54, 1.807) is 11.1 Å². The first kappa shape index (κ1) is 42.9. The number of hydrogen-bond donors (Lipinski definition) is 0. The Hall–Kier alpha value is -7.74. The van der Waals surface area contributed by atoms with Gasteiger partial charge in [-0.25, -0.2) is 0 Å². The molecule has 73 heavy (non-hydrogen) atoms. The summed E-state index contributed by atoms with van der Waals surface area (Å²) in [6, 6.07) is 57.7. The Morgan fingerprint density at radius 3 is 2.15 bits per heavy atom. The molecule has 6 aromatic rings. The average Bonchev–Trinajstić information content (AvgIpc) is 4.06. The second-order valence-corrected chi connectivity index (χ2v) is 21.7. The third-order valence-electron chi connectivity index (χ3n) is 18.4. The molecule has 0 fully saturated rings. The minimum absolute atomic E-state index is 0.207. The van der Waals surface area contributed by atoms with Gasteiger partial charge in [0.25, 0.3) is 0 Å². The van der Waals surface area contributed by atoms with Gasteiger partial charge in [0.15, 0.2) is 0 Å². The number of nitrogens with zero attached hydrogens (tertiary/aromatic N) is 1. The van der Waals surface area contributed by atoms with Gasteiger partial charge < -0.3 is 4.90 Å². The molecule has 0 bridgehead atoms. The molecule has 1 spiro atoms. The van der Waals surface area contributed by atoms with E-state index in [-0.39, 0.29) is 16.7 Å². The van der Waals surface area contributed by atoms with E-state index >= 15 is 0 Å². The molecule has 352 valence electrons. The number of benzene rings is 6. The lowest BCUT2D eigenvalue weighted by molar-refractivity contribution is 0.461. The Labute approximate surface area is 431 Å². The van der Waals surface area contributed by atoms with Crippen LogP contribution in [0.2, 0.25) is 0 Å². The maximum Gasteiger partial charge on any atom is 0.0677 e. The quantitative estimate of drug-likeness (QED) is 0.154. The lowest BCUT2D eigenvalue weighted by atomic mass is 9.63. The summed E-state index contributed by atoms with van der Waals surface area (Å²) < 4.78 is 0. The topological polar surface area (TPSA) is 3.24 Å². The molecule has 5 unspecified atom stereocenters. The van der Waals surface area contributed by atoms with Crippen molar-refractivity contribution < 1.29 is 0 Å². The third kappa shape index (κ3) is 6.15. The Morgan fingerprint density at radius 1 is 0.562 bits per heavy atom. The van der Waals surface area contributed by atoms with Crippen LogP contribution in [0.15, 0.2) is 275 Å². The third-order valence-corrected chi connectivity index (χ3v) is 18.4. The van der Waals surface area contributed by atoms with Crippen LogP contribution in [0, 0.1) is 11.8 Å². The van der Waals surface area contributed by atoms with Crippen LogP contribution in [0.1, 0.15) is 103 Å². The van der Waals surface area contributed by atoms with Crippen LogP contribution in [0.25, 0.3) is 16.7 Å². The van der Waals surface area contributed by atoms with Gasteiger partial charge in [-0.05, 0) is 171 Å². The standard InChI is InChI=1S/C72H59N/c1-4-22-51(23-5-1)71(52-24-6-2-7-25-52)65-36-19-15-32-61(65)70-66(71)37-20-38-68(70)73(53-26-8-3-9-27-53)54-43-39-49(40-44-54)56-45-41-48-21-10-11-28-55(48)69(56)50-42-46-60-59-31-14-18-35-64(59)72(67(60)47-50)62-33-16-12-29-57(62)58-30-13-17-34-63(58)72/h1-6,8-12,14-16,18-20,22-24,26-39,42-43,46-48,60,67H,7,13,17,21,25,40-41,44-45H2. The van der Waals surface area contributed by atoms with E-state index in [0.717, 1.165) is 51.4 Å². The number of hydrogen-bond acceptors (Lipinski definition) is 1. The van der Waals surface area contributed by atoms with Crippen molar-refractivity contribution in [2.75, 3.05) is 4.90 Å². The smallest absolute Gasteiger partial charge is 0.0677 e. The van der Waals surface area contributed by atoms with E-state index in [9.17, 15) is 0 Å². The lowest BCUT2D eigenvalue weighted by Crippen LogP contribution is -2.34. The molecule has 15 rings (SSSR count). The highest BCUT2D eigenvalue weighted by atomic mass is 15.2. The second-order valence-electron chi connectivity index (χ2n) is 21.7. The fourth-order valence-corrected chi connectivity index (χ4v) is 15.6. The zero-order valence-corrected chi connectivity index (χ0v) is 41.5. The largest absolute Gasteiger partial charge is 0.314 e. The normalized spacial score (nSPS) is 25.6. The average molecular weight is 938 g/mol. The Balaban J connectivity index is 0.888. The highest BCUT2D eigenvalue weighted by molar-refractivity contribution is 5.97. The van der Waals surface area contributed by atoms with E-state index in [1.807, 2.05) is 0 Å². The highest BCUT2D eigenvalue weighted by Crippen LogP contribution is 2.68. The van der Waals surface area contributed by atoms with Gasteiger partial charge in [0.2, 0.25) is 0 Å². The van der Waals surface area contributed by atoms with E-state index in [4.69, 9.17) is 0 Å². The molecule has 1 nitrogen and oxygen atoms in total. The molecular weight excluding hydrogens is 879 g/mol. The summed E-state index contributed by atoms with van der Waals surface area (Å²) in [5, 5.41) is 0. The molecule has 9 aliphatic rings. The van der Waals surface area contributed by atoms with Gasteiger partial charge in [0, 0.05) is 28.8 Å². The van der Waals surface area contributed by atoms with Crippen LogP contribution >= 0.6 is 0 Å². The van der Waals surface area contributed by atoms with Crippen molar-refractivity contribution in [2.45, 2.75) is 74.5 Å². The van der Waals surface area contributed by atoms with Crippen molar-refractivity contribution in [3.05, 3.63) is 314 Å². The SMILES string of the molecule is C1=CCCC(C2(c3ccccc3)c3ccccc3-c3c(N(C4=CC=C(C5=C(C6=CC7C(C=C6)c6ccccc6C76C7=CCCC=C7c7ccccc76)C6=CC=CCC6CC5)CC4)c4ccccc4)cccc32)=C1. The van der Waals surface area contributed by atoms with Gasteiger partial charge in [-0.1, -0.05) is 212 Å². The van der Waals surface area contributed by atoms with E-state index in [0.29, 0.717) is 11.8 Å². The second kappa shape index (κ2) is 16.9. The molecule has 0 radical (unpaired) electrons.